The molecule has 1 unspecified atom stereocenters. The number of amides is 1. The molecule has 0 aliphatic carbocycles. The van der Waals surface area contributed by atoms with Gasteiger partial charge in [0.1, 0.15) is 18.1 Å². The van der Waals surface area contributed by atoms with Gasteiger partial charge in [0.2, 0.25) is 5.91 Å². The molecule has 1 N–H and O–H groups in total. The molecule has 0 saturated carbocycles. The van der Waals surface area contributed by atoms with Crippen LogP contribution in [-0.4, -0.2) is 19.6 Å². The van der Waals surface area contributed by atoms with Crippen LogP contribution in [0.4, 0.5) is 18.9 Å². The molecule has 3 rings (SSSR count). The number of hydrogen-bond donors (Lipinski definition) is 1. The number of alkyl halides is 3. The fourth-order valence-electron chi connectivity index (χ4n) is 2.74. The van der Waals surface area contributed by atoms with Gasteiger partial charge in [0.25, 0.3) is 0 Å². The molecule has 2 aromatic rings. The third-order valence-electron chi connectivity index (χ3n) is 4.04. The Morgan fingerprint density at radius 3 is 2.72 bits per heavy atom. The highest BCUT2D eigenvalue weighted by Gasteiger charge is 2.34. The summed E-state index contributed by atoms with van der Waals surface area (Å²) in [5.41, 5.74) is -0.339. The molecule has 25 heavy (non-hydrogen) atoms. The van der Waals surface area contributed by atoms with Crippen molar-refractivity contribution in [2.45, 2.75) is 12.6 Å². The van der Waals surface area contributed by atoms with E-state index < -0.39 is 23.6 Å². The Kier molecular flexibility index (Phi) is 4.57. The average Bonchev–Trinajstić information content (AvgIpc) is 2.60. The van der Waals surface area contributed by atoms with E-state index in [1.807, 2.05) is 0 Å². The van der Waals surface area contributed by atoms with Gasteiger partial charge in [-0.3, -0.25) is 4.79 Å². The maximum atomic E-state index is 13.0. The molecule has 1 heterocycles. The number of rotatable bonds is 3. The summed E-state index contributed by atoms with van der Waals surface area (Å²) in [7, 11) is 1.53. The van der Waals surface area contributed by atoms with Crippen molar-refractivity contribution in [2.75, 3.05) is 19.0 Å². The number of hydrogen-bond acceptors (Lipinski definition) is 3. The molecule has 1 aliphatic heterocycles. The number of halogens is 3. The molecule has 0 radical (unpaired) electrons. The number of para-hydroxylation sites is 1. The van der Waals surface area contributed by atoms with Gasteiger partial charge in [-0.05, 0) is 42.3 Å². The third-order valence-corrected chi connectivity index (χ3v) is 4.04. The molecule has 0 bridgehead atoms. The summed E-state index contributed by atoms with van der Waals surface area (Å²) in [5, 5.41) is 2.38. The number of nitrogens with one attached hydrogen (secondary N) is 1. The molecule has 132 valence electrons. The molecular formula is C18H16F3NO3. The zero-order valence-electron chi connectivity index (χ0n) is 13.4. The van der Waals surface area contributed by atoms with Crippen LogP contribution < -0.4 is 14.8 Å². The van der Waals surface area contributed by atoms with E-state index in [1.165, 1.54) is 25.3 Å². The van der Waals surface area contributed by atoms with Crippen LogP contribution in [-0.2, 0) is 17.4 Å². The van der Waals surface area contributed by atoms with E-state index in [4.69, 9.17) is 9.47 Å². The lowest BCUT2D eigenvalue weighted by atomic mass is 9.95. The second kappa shape index (κ2) is 6.66. The molecule has 0 fully saturated rings. The Labute approximate surface area is 142 Å². The van der Waals surface area contributed by atoms with Gasteiger partial charge in [-0.1, -0.05) is 12.1 Å². The van der Waals surface area contributed by atoms with E-state index in [9.17, 15) is 18.0 Å². The van der Waals surface area contributed by atoms with E-state index in [2.05, 4.69) is 5.32 Å². The van der Waals surface area contributed by atoms with E-state index in [-0.39, 0.29) is 12.3 Å². The van der Waals surface area contributed by atoms with Crippen LogP contribution in [0.25, 0.3) is 0 Å². The molecule has 1 atom stereocenters. The zero-order chi connectivity index (χ0) is 18.0. The standard InChI is InChI=1S/C18H16F3NO3/c1-24-13-6-7-16-11(9-13)8-12(10-25-16)17(23)22-15-5-3-2-4-14(15)18(19,20)21/h2-7,9,12H,8,10H2,1H3,(H,22,23). The van der Waals surface area contributed by atoms with Crippen LogP contribution in [0.15, 0.2) is 42.5 Å². The predicted octanol–water partition coefficient (Wildman–Crippen LogP) is 3.90. The number of carbonyl (C=O) groups excluding carboxylic acids is 1. The van der Waals surface area contributed by atoms with Crippen LogP contribution in [0, 0.1) is 5.92 Å². The normalized spacial score (nSPS) is 16.6. The monoisotopic (exact) mass is 351 g/mol. The highest BCUT2D eigenvalue weighted by Crippen LogP contribution is 2.35. The minimum atomic E-state index is -4.53. The summed E-state index contributed by atoms with van der Waals surface area (Å²) in [6.45, 7) is 0.110. The Morgan fingerprint density at radius 1 is 1.24 bits per heavy atom. The number of benzene rings is 2. The van der Waals surface area contributed by atoms with Crippen LogP contribution in [0.5, 0.6) is 11.5 Å². The van der Waals surface area contributed by atoms with E-state index in [0.717, 1.165) is 11.6 Å². The minimum Gasteiger partial charge on any atom is -0.497 e. The average molecular weight is 351 g/mol. The first-order valence-electron chi connectivity index (χ1n) is 7.65. The smallest absolute Gasteiger partial charge is 0.418 e. The first-order chi connectivity index (χ1) is 11.9. The van der Waals surface area contributed by atoms with Crippen molar-refractivity contribution >= 4 is 11.6 Å². The van der Waals surface area contributed by atoms with Gasteiger partial charge in [0.05, 0.1) is 24.3 Å². The van der Waals surface area contributed by atoms with Crippen molar-refractivity contribution in [2.24, 2.45) is 5.92 Å². The molecule has 1 amide bonds. The van der Waals surface area contributed by atoms with Gasteiger partial charge in [0.15, 0.2) is 0 Å². The first-order valence-corrected chi connectivity index (χ1v) is 7.65. The first kappa shape index (κ1) is 17.1. The highest BCUT2D eigenvalue weighted by atomic mass is 19.4. The summed E-state index contributed by atoms with van der Waals surface area (Å²) in [6, 6.07) is 10.2. The summed E-state index contributed by atoms with van der Waals surface area (Å²) in [5.74, 6) is 0.192. The fraction of sp³-hybridized carbons (Fsp3) is 0.278. The summed E-state index contributed by atoms with van der Waals surface area (Å²) >= 11 is 0. The molecular weight excluding hydrogens is 335 g/mol. The fourth-order valence-corrected chi connectivity index (χ4v) is 2.74. The number of carbonyl (C=O) groups is 1. The van der Waals surface area contributed by atoms with Crippen molar-refractivity contribution in [1.29, 1.82) is 0 Å². The molecule has 0 saturated heterocycles. The largest absolute Gasteiger partial charge is 0.497 e. The molecule has 0 aromatic heterocycles. The van der Waals surface area contributed by atoms with Gasteiger partial charge in [-0.15, -0.1) is 0 Å². The maximum Gasteiger partial charge on any atom is 0.418 e. The van der Waals surface area contributed by atoms with Crippen LogP contribution >= 0.6 is 0 Å². The number of methoxy groups -OCH3 is 1. The maximum absolute atomic E-state index is 13.0. The lowest BCUT2D eigenvalue weighted by molar-refractivity contribution is -0.137. The van der Waals surface area contributed by atoms with Crippen LogP contribution in [0.2, 0.25) is 0 Å². The second-order valence-corrected chi connectivity index (χ2v) is 5.72. The van der Waals surface area contributed by atoms with Crippen molar-refractivity contribution in [3.8, 4) is 11.5 Å². The Morgan fingerprint density at radius 2 is 2.00 bits per heavy atom. The Bertz CT molecular complexity index is 789. The molecule has 2 aromatic carbocycles. The molecule has 1 aliphatic rings. The second-order valence-electron chi connectivity index (χ2n) is 5.72. The quantitative estimate of drug-likeness (QED) is 0.912. The highest BCUT2D eigenvalue weighted by molar-refractivity contribution is 5.93. The van der Waals surface area contributed by atoms with Crippen molar-refractivity contribution in [3.05, 3.63) is 53.6 Å². The lowest BCUT2D eigenvalue weighted by Gasteiger charge is -2.25. The van der Waals surface area contributed by atoms with Crippen molar-refractivity contribution in [3.63, 3.8) is 0 Å². The van der Waals surface area contributed by atoms with E-state index >= 15 is 0 Å². The van der Waals surface area contributed by atoms with E-state index in [1.54, 1.807) is 18.2 Å². The SMILES string of the molecule is COc1ccc2c(c1)CC(C(=O)Nc1ccccc1C(F)(F)F)CO2. The molecule has 7 heteroatoms. The van der Waals surface area contributed by atoms with Gasteiger partial charge in [-0.2, -0.15) is 13.2 Å². The number of fused-ring (bicyclic) bond motifs is 1. The summed E-state index contributed by atoms with van der Waals surface area (Å²) < 4.78 is 49.8. The number of ether oxygens (including phenoxy) is 2. The lowest BCUT2D eigenvalue weighted by Crippen LogP contribution is -2.33. The van der Waals surface area contributed by atoms with Gasteiger partial charge >= 0.3 is 6.18 Å². The van der Waals surface area contributed by atoms with Gasteiger partial charge in [0, 0.05) is 0 Å². The predicted molar refractivity (Wildman–Crippen MR) is 85.8 cm³/mol. The van der Waals surface area contributed by atoms with Crippen LogP contribution in [0.3, 0.4) is 0 Å². The summed E-state index contributed by atoms with van der Waals surface area (Å²) in [6.07, 6.45) is -4.17. The van der Waals surface area contributed by atoms with E-state index in [0.29, 0.717) is 17.9 Å². The topological polar surface area (TPSA) is 47.6 Å². The van der Waals surface area contributed by atoms with Gasteiger partial charge < -0.3 is 14.8 Å². The minimum absolute atomic E-state index is 0.110. The Hall–Kier alpha value is -2.70. The Balaban J connectivity index is 1.77. The number of anilines is 1. The molecule has 4 nitrogen and oxygen atoms in total. The third kappa shape index (κ3) is 3.70. The van der Waals surface area contributed by atoms with Gasteiger partial charge in [-0.25, -0.2) is 0 Å². The van der Waals surface area contributed by atoms with Crippen molar-refractivity contribution < 1.29 is 27.4 Å². The zero-order valence-corrected chi connectivity index (χ0v) is 13.4. The van der Waals surface area contributed by atoms with Crippen LogP contribution in [0.1, 0.15) is 11.1 Å². The van der Waals surface area contributed by atoms with Crippen molar-refractivity contribution in [1.82, 2.24) is 0 Å². The molecule has 0 spiro atoms. The summed E-state index contributed by atoms with van der Waals surface area (Å²) in [4.78, 5) is 12.4.